The van der Waals surface area contributed by atoms with E-state index in [1.807, 2.05) is 0 Å². The Bertz CT molecular complexity index is 140. The first-order valence-corrected chi connectivity index (χ1v) is 5.58. The molecule has 4 nitrogen and oxygen atoms in total. The summed E-state index contributed by atoms with van der Waals surface area (Å²) in [6, 6.07) is 0. The first-order chi connectivity index (χ1) is 6.77. The maximum atomic E-state index is 10.1. The molecule has 92 valence electrons. The molecule has 0 heterocycles. The monoisotopic (exact) mass is 219 g/mol. The van der Waals surface area contributed by atoms with Crippen LogP contribution in [0, 0.1) is 0 Å². The van der Waals surface area contributed by atoms with Crippen LogP contribution < -0.4 is 11.3 Å². The Morgan fingerprint density at radius 2 is 1.27 bits per heavy atom. The second-order valence-electron chi connectivity index (χ2n) is 3.67. The molecule has 0 spiro atoms. The molecule has 5 N–H and O–H groups in total. The van der Waals surface area contributed by atoms with Crippen molar-refractivity contribution in [1.29, 1.82) is 0 Å². The average Bonchev–Trinajstić information content (AvgIpc) is 2.15. The highest BCUT2D eigenvalue weighted by Crippen LogP contribution is 2.09. The number of quaternary nitrogens is 1. The number of carboxylic acids is 1. The lowest BCUT2D eigenvalue weighted by molar-refractivity contribution is -0.305. The summed E-state index contributed by atoms with van der Waals surface area (Å²) in [4.78, 5) is 10.1. The van der Waals surface area contributed by atoms with Gasteiger partial charge in [-0.3, -0.25) is 0 Å². The van der Waals surface area contributed by atoms with Crippen LogP contribution in [0.25, 0.3) is 0 Å². The van der Waals surface area contributed by atoms with E-state index >= 15 is 0 Å². The summed E-state index contributed by atoms with van der Waals surface area (Å²) in [7, 11) is 0. The molecule has 0 rings (SSSR count). The summed E-state index contributed by atoms with van der Waals surface area (Å²) < 4.78 is 0. The molecule has 0 unspecified atom stereocenters. The normalized spacial score (nSPS) is 9.67. The van der Waals surface area contributed by atoms with Gasteiger partial charge in [0.25, 0.3) is 0 Å². The number of rotatable bonds is 10. The quantitative estimate of drug-likeness (QED) is 0.546. The molecule has 0 aliphatic heterocycles. The minimum Gasteiger partial charge on any atom is -0.550 e. The van der Waals surface area contributed by atoms with Gasteiger partial charge in [-0.1, -0.05) is 38.5 Å². The summed E-state index contributed by atoms with van der Waals surface area (Å²) in [5, 5.41) is 18.6. The van der Waals surface area contributed by atoms with Gasteiger partial charge in [0.1, 0.15) is 0 Å². The van der Waals surface area contributed by atoms with Crippen LogP contribution in [0.1, 0.15) is 57.8 Å². The van der Waals surface area contributed by atoms with Gasteiger partial charge in [-0.05, 0) is 19.3 Å². The summed E-state index contributed by atoms with van der Waals surface area (Å²) in [6.45, 7) is 0.297. The molecule has 0 aromatic carbocycles. The Labute approximate surface area is 92.3 Å². The van der Waals surface area contributed by atoms with E-state index in [1.54, 1.807) is 0 Å². The summed E-state index contributed by atoms with van der Waals surface area (Å²) in [5.41, 5.74) is 0. The summed E-state index contributed by atoms with van der Waals surface area (Å²) in [5.74, 6) is -0.937. The molecule has 0 radical (unpaired) electrons. The predicted molar refractivity (Wildman–Crippen MR) is 59.6 cm³/mol. The molecule has 0 aromatic rings. The van der Waals surface area contributed by atoms with Gasteiger partial charge in [0.2, 0.25) is 0 Å². The number of carbonyl (C=O) groups excluding carboxylic acids is 1. The minimum atomic E-state index is -0.937. The highest BCUT2D eigenvalue weighted by molar-refractivity contribution is 5.63. The molecule has 0 aliphatic rings. The highest BCUT2D eigenvalue weighted by Gasteiger charge is 1.92. The Balaban J connectivity index is 0. The molecular formula is C11H25NO3. The molecule has 0 saturated carbocycles. The second-order valence-corrected chi connectivity index (χ2v) is 3.67. The lowest BCUT2D eigenvalue weighted by atomic mass is 10.1. The summed E-state index contributed by atoms with van der Waals surface area (Å²) >= 11 is 0. The Kier molecular flexibility index (Phi) is 15.0. The lowest BCUT2D eigenvalue weighted by Crippen LogP contribution is -2.21. The molecule has 0 amide bonds. The summed E-state index contributed by atoms with van der Waals surface area (Å²) in [6.07, 6.45) is 8.63. The van der Waals surface area contributed by atoms with Gasteiger partial charge in [0.05, 0.1) is 0 Å². The third kappa shape index (κ3) is 16.1. The van der Waals surface area contributed by atoms with Crippen LogP contribution >= 0.6 is 0 Å². The van der Waals surface area contributed by atoms with Crippen LogP contribution in [-0.4, -0.2) is 17.7 Å². The number of aliphatic carboxylic acids is 1. The van der Waals surface area contributed by atoms with Crippen molar-refractivity contribution in [2.45, 2.75) is 57.8 Å². The van der Waals surface area contributed by atoms with E-state index in [0.29, 0.717) is 6.61 Å². The van der Waals surface area contributed by atoms with Gasteiger partial charge in [0, 0.05) is 12.6 Å². The second kappa shape index (κ2) is 13.4. The molecule has 0 saturated heterocycles. The molecule has 4 heteroatoms. The molecule has 0 aliphatic carbocycles. The molecule has 0 aromatic heterocycles. The first kappa shape index (κ1) is 16.8. The van der Waals surface area contributed by atoms with Crippen molar-refractivity contribution in [3.05, 3.63) is 0 Å². The third-order valence-corrected chi connectivity index (χ3v) is 2.29. The fourth-order valence-electron chi connectivity index (χ4n) is 1.44. The molecular weight excluding hydrogens is 194 g/mol. The number of unbranched alkanes of at least 4 members (excludes halogenated alkanes) is 7. The van der Waals surface area contributed by atoms with E-state index in [1.165, 1.54) is 19.3 Å². The SMILES string of the molecule is O=C([O-])CCCCCCCCCCO.[NH4+]. The Hall–Kier alpha value is -0.610. The zero-order valence-electron chi connectivity index (χ0n) is 9.83. The number of aliphatic hydroxyl groups is 1. The zero-order chi connectivity index (χ0) is 10.6. The topological polar surface area (TPSA) is 96.9 Å². The van der Waals surface area contributed by atoms with Crippen molar-refractivity contribution in [2.24, 2.45) is 0 Å². The van der Waals surface area contributed by atoms with Crippen molar-refractivity contribution in [3.8, 4) is 0 Å². The van der Waals surface area contributed by atoms with Gasteiger partial charge < -0.3 is 21.2 Å². The fraction of sp³-hybridized carbons (Fsp3) is 0.909. The smallest absolute Gasteiger partial charge is 0.0431 e. The molecule has 0 fully saturated rings. The molecule has 0 bridgehead atoms. The predicted octanol–water partition coefficient (Wildman–Crippen LogP) is 1.62. The van der Waals surface area contributed by atoms with E-state index in [9.17, 15) is 9.90 Å². The largest absolute Gasteiger partial charge is 0.550 e. The van der Waals surface area contributed by atoms with Crippen LogP contribution in [0.15, 0.2) is 0 Å². The lowest BCUT2D eigenvalue weighted by Gasteiger charge is -2.02. The van der Waals surface area contributed by atoms with Crippen molar-refractivity contribution >= 4 is 5.97 Å². The number of aliphatic hydroxyl groups excluding tert-OH is 1. The molecule has 15 heavy (non-hydrogen) atoms. The van der Waals surface area contributed by atoms with E-state index in [-0.39, 0.29) is 12.6 Å². The van der Waals surface area contributed by atoms with Crippen LogP contribution in [-0.2, 0) is 4.79 Å². The number of carbonyl (C=O) groups is 1. The number of hydrogen-bond donors (Lipinski definition) is 2. The third-order valence-electron chi connectivity index (χ3n) is 2.29. The van der Waals surface area contributed by atoms with E-state index in [0.717, 1.165) is 32.1 Å². The van der Waals surface area contributed by atoms with Crippen LogP contribution in [0.3, 0.4) is 0 Å². The van der Waals surface area contributed by atoms with Crippen molar-refractivity contribution in [1.82, 2.24) is 6.15 Å². The van der Waals surface area contributed by atoms with Gasteiger partial charge >= 0.3 is 0 Å². The van der Waals surface area contributed by atoms with Gasteiger partial charge in [-0.15, -0.1) is 0 Å². The molecule has 0 atom stereocenters. The Morgan fingerprint density at radius 3 is 1.67 bits per heavy atom. The first-order valence-electron chi connectivity index (χ1n) is 5.58. The maximum absolute atomic E-state index is 10.1. The number of hydrogen-bond acceptors (Lipinski definition) is 3. The van der Waals surface area contributed by atoms with E-state index < -0.39 is 5.97 Å². The van der Waals surface area contributed by atoms with Crippen molar-refractivity contribution in [3.63, 3.8) is 0 Å². The minimum absolute atomic E-state index is 0. The van der Waals surface area contributed by atoms with Crippen LogP contribution in [0.2, 0.25) is 0 Å². The van der Waals surface area contributed by atoms with Crippen molar-refractivity contribution < 1.29 is 15.0 Å². The fourth-order valence-corrected chi connectivity index (χ4v) is 1.44. The van der Waals surface area contributed by atoms with Crippen LogP contribution in [0.4, 0.5) is 0 Å². The Morgan fingerprint density at radius 1 is 0.867 bits per heavy atom. The standard InChI is InChI=1S/C11H22O3.H3N/c12-10-8-6-4-2-1-3-5-7-9-11(13)14;/h12H,1-10H2,(H,13,14);1H3. The van der Waals surface area contributed by atoms with Crippen LogP contribution in [0.5, 0.6) is 0 Å². The van der Waals surface area contributed by atoms with Crippen molar-refractivity contribution in [2.75, 3.05) is 6.61 Å². The maximum Gasteiger partial charge on any atom is 0.0431 e. The van der Waals surface area contributed by atoms with Gasteiger partial charge in [0.15, 0.2) is 0 Å². The van der Waals surface area contributed by atoms with Gasteiger partial charge in [-0.2, -0.15) is 0 Å². The van der Waals surface area contributed by atoms with E-state index in [2.05, 4.69) is 0 Å². The number of carboxylic acid groups (broad SMARTS) is 1. The zero-order valence-corrected chi connectivity index (χ0v) is 9.83. The van der Waals surface area contributed by atoms with Gasteiger partial charge in [-0.25, -0.2) is 0 Å². The van der Waals surface area contributed by atoms with E-state index in [4.69, 9.17) is 5.11 Å². The highest BCUT2D eigenvalue weighted by atomic mass is 16.4. The average molecular weight is 219 g/mol.